The van der Waals surface area contributed by atoms with E-state index in [2.05, 4.69) is 196 Å². The van der Waals surface area contributed by atoms with Crippen molar-refractivity contribution in [2.75, 3.05) is 0 Å². The van der Waals surface area contributed by atoms with Gasteiger partial charge in [-0.05, 0) is 117 Å². The van der Waals surface area contributed by atoms with Gasteiger partial charge in [0, 0.05) is 5.41 Å². The molecule has 0 N–H and O–H groups in total. The molecule has 0 spiro atoms. The van der Waals surface area contributed by atoms with E-state index in [1.807, 2.05) is 0 Å². The minimum absolute atomic E-state index is 0.0298. The van der Waals surface area contributed by atoms with Crippen LogP contribution in [-0.2, 0) is 5.41 Å². The summed E-state index contributed by atoms with van der Waals surface area (Å²) in [5.74, 6) is 0. The van der Waals surface area contributed by atoms with E-state index in [9.17, 15) is 0 Å². The van der Waals surface area contributed by atoms with Crippen LogP contribution in [0.4, 0.5) is 0 Å². The van der Waals surface area contributed by atoms with Gasteiger partial charge in [-0.1, -0.05) is 178 Å². The van der Waals surface area contributed by atoms with Gasteiger partial charge < -0.3 is 0 Å². The highest BCUT2D eigenvalue weighted by Crippen LogP contribution is 2.51. The molecular formula is C51H36. The van der Waals surface area contributed by atoms with Crippen molar-refractivity contribution in [3.63, 3.8) is 0 Å². The highest BCUT2D eigenvalue weighted by atomic mass is 14.4. The Balaban J connectivity index is 1.21. The fraction of sp³-hybridized carbons (Fsp3) is 0.0588. The summed E-state index contributed by atoms with van der Waals surface area (Å²) in [7, 11) is 0. The molecule has 0 radical (unpaired) electrons. The van der Waals surface area contributed by atoms with Gasteiger partial charge in [-0.2, -0.15) is 0 Å². The summed E-state index contributed by atoms with van der Waals surface area (Å²) in [4.78, 5) is 0. The van der Waals surface area contributed by atoms with Gasteiger partial charge in [-0.15, -0.1) is 0 Å². The standard InChI is InChI=1S/C51H36/c1-51(2)47-19-11-10-16-41(47)45-32-40(27-29-48(45)51)50-43-18-9-8-17-42(43)49(44-28-26-39(31-46(44)50)33-12-4-3-5-13-33)36-23-20-35(21-24-36)38-25-22-34-14-6-7-15-37(34)30-38/h3-32H,1-2H3. The normalized spacial score (nSPS) is 13.1. The fourth-order valence-corrected chi connectivity index (χ4v) is 8.68. The number of rotatable bonds is 4. The van der Waals surface area contributed by atoms with E-state index in [0.717, 1.165) is 0 Å². The van der Waals surface area contributed by atoms with Crippen molar-refractivity contribution in [2.24, 2.45) is 0 Å². The number of hydrogen-bond acceptors (Lipinski definition) is 0. The van der Waals surface area contributed by atoms with Gasteiger partial charge in [-0.3, -0.25) is 0 Å². The second-order valence-corrected chi connectivity index (χ2v) is 14.5. The van der Waals surface area contributed by atoms with E-state index in [-0.39, 0.29) is 5.41 Å². The molecule has 0 nitrogen and oxygen atoms in total. The lowest BCUT2D eigenvalue weighted by Gasteiger charge is -2.22. The summed E-state index contributed by atoms with van der Waals surface area (Å²) in [5, 5.41) is 7.61. The highest BCUT2D eigenvalue weighted by Gasteiger charge is 2.35. The summed E-state index contributed by atoms with van der Waals surface area (Å²) in [6.45, 7) is 4.71. The molecule has 0 heteroatoms. The molecule has 0 atom stereocenters. The number of hydrogen-bond donors (Lipinski definition) is 0. The van der Waals surface area contributed by atoms with Gasteiger partial charge in [0.25, 0.3) is 0 Å². The average molecular weight is 649 g/mol. The van der Waals surface area contributed by atoms with Crippen LogP contribution >= 0.6 is 0 Å². The monoisotopic (exact) mass is 648 g/mol. The lowest BCUT2D eigenvalue weighted by molar-refractivity contribution is 0.660. The zero-order chi connectivity index (χ0) is 34.1. The molecule has 0 heterocycles. The molecule has 0 aromatic heterocycles. The van der Waals surface area contributed by atoms with Crippen molar-refractivity contribution >= 4 is 32.3 Å². The molecule has 0 unspecified atom stereocenters. The van der Waals surface area contributed by atoms with Crippen LogP contribution in [0.25, 0.3) is 88.0 Å². The van der Waals surface area contributed by atoms with Crippen molar-refractivity contribution in [1.29, 1.82) is 0 Å². The number of fused-ring (bicyclic) bond motifs is 6. The quantitative estimate of drug-likeness (QED) is 0.167. The average Bonchev–Trinajstić information content (AvgIpc) is 3.42. The molecule has 0 bridgehead atoms. The van der Waals surface area contributed by atoms with Crippen molar-refractivity contribution in [2.45, 2.75) is 19.3 Å². The molecule has 10 rings (SSSR count). The van der Waals surface area contributed by atoms with Gasteiger partial charge in [0.1, 0.15) is 0 Å². The van der Waals surface area contributed by atoms with Crippen LogP contribution in [-0.4, -0.2) is 0 Å². The van der Waals surface area contributed by atoms with Crippen molar-refractivity contribution in [3.05, 3.63) is 193 Å². The van der Waals surface area contributed by atoms with E-state index in [1.165, 1.54) is 99.1 Å². The largest absolute Gasteiger partial charge is 0.0622 e. The molecule has 1 aliphatic carbocycles. The maximum atomic E-state index is 2.46. The lowest BCUT2D eigenvalue weighted by Crippen LogP contribution is -2.14. The molecule has 0 aliphatic heterocycles. The minimum atomic E-state index is -0.0298. The first-order valence-corrected chi connectivity index (χ1v) is 17.9. The second kappa shape index (κ2) is 11.4. The van der Waals surface area contributed by atoms with Gasteiger partial charge in [0.15, 0.2) is 0 Å². The van der Waals surface area contributed by atoms with E-state index < -0.39 is 0 Å². The van der Waals surface area contributed by atoms with Gasteiger partial charge >= 0.3 is 0 Å². The molecular weight excluding hydrogens is 613 g/mol. The Kier molecular flexibility index (Phi) is 6.63. The van der Waals surface area contributed by atoms with Crippen LogP contribution in [0, 0.1) is 0 Å². The Morgan fingerprint density at radius 2 is 0.824 bits per heavy atom. The Morgan fingerprint density at radius 3 is 1.63 bits per heavy atom. The van der Waals surface area contributed by atoms with Crippen molar-refractivity contribution in [3.8, 4) is 55.6 Å². The van der Waals surface area contributed by atoms with Gasteiger partial charge in [0.05, 0.1) is 0 Å². The fourth-order valence-electron chi connectivity index (χ4n) is 8.68. The molecule has 0 saturated carbocycles. The highest BCUT2D eigenvalue weighted by molar-refractivity contribution is 6.22. The van der Waals surface area contributed by atoms with Crippen LogP contribution in [0.3, 0.4) is 0 Å². The van der Waals surface area contributed by atoms with Crippen LogP contribution in [0.5, 0.6) is 0 Å². The zero-order valence-electron chi connectivity index (χ0n) is 28.8. The van der Waals surface area contributed by atoms with Crippen LogP contribution < -0.4 is 0 Å². The van der Waals surface area contributed by atoms with Crippen molar-refractivity contribution in [1.82, 2.24) is 0 Å². The molecule has 9 aromatic carbocycles. The molecule has 240 valence electrons. The summed E-state index contributed by atoms with van der Waals surface area (Å²) in [5.41, 5.74) is 15.4. The third-order valence-electron chi connectivity index (χ3n) is 11.3. The van der Waals surface area contributed by atoms with Crippen LogP contribution in [0.1, 0.15) is 25.0 Å². The van der Waals surface area contributed by atoms with Crippen molar-refractivity contribution < 1.29 is 0 Å². The van der Waals surface area contributed by atoms with E-state index in [0.29, 0.717) is 0 Å². The first kappa shape index (κ1) is 29.7. The van der Waals surface area contributed by atoms with Gasteiger partial charge in [-0.25, -0.2) is 0 Å². The molecule has 0 fully saturated rings. The third kappa shape index (κ3) is 4.68. The Bertz CT molecular complexity index is 2800. The summed E-state index contributed by atoms with van der Waals surface area (Å²) in [6.07, 6.45) is 0. The van der Waals surface area contributed by atoms with E-state index in [1.54, 1.807) is 0 Å². The van der Waals surface area contributed by atoms with E-state index >= 15 is 0 Å². The first-order valence-electron chi connectivity index (χ1n) is 17.9. The molecule has 9 aromatic rings. The maximum absolute atomic E-state index is 2.46. The minimum Gasteiger partial charge on any atom is -0.0622 e. The second-order valence-electron chi connectivity index (χ2n) is 14.5. The van der Waals surface area contributed by atoms with Gasteiger partial charge in [0.2, 0.25) is 0 Å². The first-order chi connectivity index (χ1) is 25.0. The molecule has 0 saturated heterocycles. The Hall–Kier alpha value is -6.24. The maximum Gasteiger partial charge on any atom is 0.0158 e. The third-order valence-corrected chi connectivity index (χ3v) is 11.3. The SMILES string of the molecule is CC1(C)c2ccccc2-c2cc(-c3c4ccccc4c(-c4ccc(-c5ccc6ccccc6c5)cc4)c4ccc(-c5ccccc5)cc34)ccc21. The summed E-state index contributed by atoms with van der Waals surface area (Å²) >= 11 is 0. The topological polar surface area (TPSA) is 0 Å². The summed E-state index contributed by atoms with van der Waals surface area (Å²) in [6, 6.07) is 67.5. The van der Waals surface area contributed by atoms with Crippen LogP contribution in [0.2, 0.25) is 0 Å². The Labute approximate surface area is 299 Å². The number of benzene rings is 9. The molecule has 51 heavy (non-hydrogen) atoms. The molecule has 1 aliphatic rings. The Morgan fingerprint density at radius 1 is 0.294 bits per heavy atom. The summed E-state index contributed by atoms with van der Waals surface area (Å²) < 4.78 is 0. The van der Waals surface area contributed by atoms with Crippen LogP contribution in [0.15, 0.2) is 182 Å². The molecule has 0 amide bonds. The predicted molar refractivity (Wildman–Crippen MR) is 218 cm³/mol. The zero-order valence-corrected chi connectivity index (χ0v) is 28.8. The predicted octanol–water partition coefficient (Wildman–Crippen LogP) is 14.1. The van der Waals surface area contributed by atoms with E-state index in [4.69, 9.17) is 0 Å². The smallest absolute Gasteiger partial charge is 0.0158 e. The lowest BCUT2D eigenvalue weighted by atomic mass is 9.81.